The Morgan fingerprint density at radius 3 is 2.46 bits per heavy atom. The number of carbonyl (C=O) groups excluding carboxylic acids is 2. The lowest BCUT2D eigenvalue weighted by Gasteiger charge is -2.47. The molecular formula is C30H36F4N4O3. The summed E-state index contributed by atoms with van der Waals surface area (Å²) in [6.07, 6.45) is -2.59. The number of pyridine rings is 1. The quantitative estimate of drug-likeness (QED) is 0.354. The molecule has 1 aromatic carbocycles. The molecule has 3 rings (SSSR count). The van der Waals surface area contributed by atoms with Gasteiger partial charge in [-0.25, -0.2) is 4.39 Å². The summed E-state index contributed by atoms with van der Waals surface area (Å²) in [7, 11) is 1.56. The molecule has 0 spiro atoms. The number of aromatic nitrogens is 1. The third kappa shape index (κ3) is 8.50. The lowest BCUT2D eigenvalue weighted by Crippen LogP contribution is -2.65. The maximum absolute atomic E-state index is 15.2. The van der Waals surface area contributed by atoms with E-state index in [0.29, 0.717) is 30.7 Å². The third-order valence-corrected chi connectivity index (χ3v) is 7.00. The molecule has 2 aromatic rings. The van der Waals surface area contributed by atoms with Crippen molar-refractivity contribution in [1.82, 2.24) is 20.1 Å². The molecule has 1 N–H and O–H groups in total. The van der Waals surface area contributed by atoms with Gasteiger partial charge >= 0.3 is 6.18 Å². The van der Waals surface area contributed by atoms with E-state index in [2.05, 4.69) is 16.2 Å². The minimum absolute atomic E-state index is 0.0988. The molecule has 1 aromatic heterocycles. The van der Waals surface area contributed by atoms with Crippen molar-refractivity contribution in [2.75, 3.05) is 26.8 Å². The van der Waals surface area contributed by atoms with Gasteiger partial charge in [0.2, 0.25) is 11.8 Å². The van der Waals surface area contributed by atoms with Gasteiger partial charge < -0.3 is 15.0 Å². The number of alkyl halides is 3. The molecular weight excluding hydrogens is 540 g/mol. The van der Waals surface area contributed by atoms with Crippen molar-refractivity contribution in [3.63, 3.8) is 0 Å². The van der Waals surface area contributed by atoms with Gasteiger partial charge in [0.25, 0.3) is 0 Å². The Labute approximate surface area is 238 Å². The van der Waals surface area contributed by atoms with E-state index in [-0.39, 0.29) is 48.1 Å². The lowest BCUT2D eigenvalue weighted by molar-refractivity contribution is -0.151. The van der Waals surface area contributed by atoms with Gasteiger partial charge in [0.15, 0.2) is 0 Å². The maximum Gasteiger partial charge on any atom is 0.458 e. The van der Waals surface area contributed by atoms with Gasteiger partial charge in [0, 0.05) is 63.0 Å². The number of piperazine rings is 1. The molecule has 1 aliphatic rings. The summed E-state index contributed by atoms with van der Waals surface area (Å²) in [6, 6.07) is 5.98. The van der Waals surface area contributed by atoms with Gasteiger partial charge in [-0.15, -0.1) is 0 Å². The number of hydrogen-bond acceptors (Lipinski definition) is 5. The number of nitrogens with zero attached hydrogens (tertiary/aromatic N) is 3. The van der Waals surface area contributed by atoms with Crippen molar-refractivity contribution >= 4 is 11.8 Å². The van der Waals surface area contributed by atoms with Crippen LogP contribution in [0.15, 0.2) is 36.5 Å². The molecule has 0 unspecified atom stereocenters. The zero-order valence-electron chi connectivity index (χ0n) is 23.9. The molecule has 7 nitrogen and oxygen atoms in total. The first-order valence-corrected chi connectivity index (χ1v) is 13.4. The van der Waals surface area contributed by atoms with Gasteiger partial charge in [-0.1, -0.05) is 31.9 Å². The predicted molar refractivity (Wildman–Crippen MR) is 146 cm³/mol. The van der Waals surface area contributed by atoms with Crippen LogP contribution < -0.4 is 5.32 Å². The summed E-state index contributed by atoms with van der Waals surface area (Å²) >= 11 is 0. The molecule has 2 heterocycles. The fraction of sp³-hybridized carbons (Fsp3) is 0.500. The zero-order valence-corrected chi connectivity index (χ0v) is 23.9. The van der Waals surface area contributed by atoms with E-state index in [1.54, 1.807) is 57.2 Å². The lowest BCUT2D eigenvalue weighted by atomic mass is 9.97. The topological polar surface area (TPSA) is 74.8 Å². The molecule has 222 valence electrons. The summed E-state index contributed by atoms with van der Waals surface area (Å²) in [5.74, 6) is 1.97. The van der Waals surface area contributed by atoms with Crippen molar-refractivity contribution in [1.29, 1.82) is 0 Å². The maximum atomic E-state index is 15.2. The fourth-order valence-electron chi connectivity index (χ4n) is 4.92. The van der Waals surface area contributed by atoms with Crippen LogP contribution in [0.3, 0.4) is 0 Å². The molecule has 1 saturated heterocycles. The number of halogens is 4. The predicted octanol–water partition coefficient (Wildman–Crippen LogP) is 4.39. The molecule has 0 radical (unpaired) electrons. The molecule has 11 heteroatoms. The molecule has 0 saturated carbocycles. The SMILES string of the molecule is COCC[C@H](c1nccc(C)c1F)N1C[C@@H](C)N(C(=O)C(C)C)[C@@H](C(=O)NCc2ccc(C#CC(F)(F)F)cc2)C1. The van der Waals surface area contributed by atoms with E-state index in [4.69, 9.17) is 4.74 Å². The number of methoxy groups -OCH3 is 1. The Hall–Kier alpha value is -3.49. The molecule has 1 aliphatic heterocycles. The van der Waals surface area contributed by atoms with Crippen LogP contribution in [-0.4, -0.2) is 71.7 Å². The van der Waals surface area contributed by atoms with Crippen molar-refractivity contribution in [2.45, 2.75) is 65.0 Å². The summed E-state index contributed by atoms with van der Waals surface area (Å²) in [4.78, 5) is 34.7. The number of amides is 2. The highest BCUT2D eigenvalue weighted by atomic mass is 19.4. The second-order valence-corrected chi connectivity index (χ2v) is 10.5. The number of hydrogen-bond donors (Lipinski definition) is 1. The van der Waals surface area contributed by atoms with Crippen LogP contribution in [0, 0.1) is 30.5 Å². The van der Waals surface area contributed by atoms with Gasteiger partial charge in [0.1, 0.15) is 11.9 Å². The van der Waals surface area contributed by atoms with E-state index >= 15 is 4.39 Å². The first-order chi connectivity index (χ1) is 19.3. The van der Waals surface area contributed by atoms with E-state index < -0.39 is 24.1 Å². The van der Waals surface area contributed by atoms with Crippen LogP contribution in [0.1, 0.15) is 55.6 Å². The normalized spacial score (nSPS) is 18.5. The molecule has 3 atom stereocenters. The Kier molecular flexibility index (Phi) is 10.9. The molecule has 0 bridgehead atoms. The molecule has 41 heavy (non-hydrogen) atoms. The summed E-state index contributed by atoms with van der Waals surface area (Å²) in [6.45, 7) is 8.08. The van der Waals surface area contributed by atoms with Crippen molar-refractivity contribution in [3.8, 4) is 11.8 Å². The Morgan fingerprint density at radius 1 is 1.17 bits per heavy atom. The number of rotatable bonds is 9. The Morgan fingerprint density at radius 2 is 1.85 bits per heavy atom. The molecule has 1 fully saturated rings. The van der Waals surface area contributed by atoms with Gasteiger partial charge in [0.05, 0.1) is 11.7 Å². The summed E-state index contributed by atoms with van der Waals surface area (Å²) in [5, 5.41) is 2.86. The zero-order chi connectivity index (χ0) is 30.3. The standard InChI is InChI=1S/C30H36F4N4O3/c1-19(2)29(40)38-21(4)17-37(24(12-15-41-5)27-26(31)20(3)11-14-35-27)18-25(38)28(39)36-16-23-8-6-22(7-9-23)10-13-30(32,33)34/h6-9,11,14,19,21,24-25H,12,15-18H2,1-5H3,(H,36,39)/t21-,24-,25-/m1/s1. The smallest absolute Gasteiger partial charge is 0.385 e. The number of aryl methyl sites for hydroxylation is 1. The minimum Gasteiger partial charge on any atom is -0.385 e. The van der Waals surface area contributed by atoms with Crippen molar-refractivity contribution in [3.05, 3.63) is 64.7 Å². The van der Waals surface area contributed by atoms with E-state index in [9.17, 15) is 22.8 Å². The van der Waals surface area contributed by atoms with Gasteiger partial charge in [-0.2, -0.15) is 13.2 Å². The van der Waals surface area contributed by atoms with E-state index in [0.717, 1.165) is 0 Å². The monoisotopic (exact) mass is 576 g/mol. The number of ether oxygens (including phenoxy) is 1. The number of nitrogens with one attached hydrogen (secondary N) is 1. The highest BCUT2D eigenvalue weighted by Crippen LogP contribution is 2.31. The average Bonchev–Trinajstić information content (AvgIpc) is 2.92. The second kappa shape index (κ2) is 13.9. The van der Waals surface area contributed by atoms with Crippen LogP contribution >= 0.6 is 0 Å². The molecule has 0 aliphatic carbocycles. The summed E-state index contributed by atoms with van der Waals surface area (Å²) < 4.78 is 57.6. The highest BCUT2D eigenvalue weighted by Gasteiger charge is 2.42. The highest BCUT2D eigenvalue weighted by molar-refractivity contribution is 5.89. The number of carbonyl (C=O) groups is 2. The summed E-state index contributed by atoms with van der Waals surface area (Å²) in [5.41, 5.74) is 1.58. The Bertz CT molecular complexity index is 1270. The molecule has 2 amide bonds. The van der Waals surface area contributed by atoms with Crippen LogP contribution in [0.4, 0.5) is 17.6 Å². The second-order valence-electron chi connectivity index (χ2n) is 10.5. The van der Waals surface area contributed by atoms with Gasteiger partial charge in [-0.3, -0.25) is 19.5 Å². The first kappa shape index (κ1) is 32.0. The van der Waals surface area contributed by atoms with E-state index in [1.165, 1.54) is 18.1 Å². The van der Waals surface area contributed by atoms with Crippen LogP contribution in [0.5, 0.6) is 0 Å². The third-order valence-electron chi connectivity index (χ3n) is 7.00. The average molecular weight is 577 g/mol. The van der Waals surface area contributed by atoms with Gasteiger partial charge in [-0.05, 0) is 49.6 Å². The minimum atomic E-state index is -4.58. The van der Waals surface area contributed by atoms with Crippen molar-refractivity contribution in [2.24, 2.45) is 5.92 Å². The number of benzene rings is 1. The Balaban J connectivity index is 1.84. The van der Waals surface area contributed by atoms with Crippen LogP contribution in [0.2, 0.25) is 0 Å². The van der Waals surface area contributed by atoms with Crippen LogP contribution in [-0.2, 0) is 20.9 Å². The van der Waals surface area contributed by atoms with Crippen LogP contribution in [0.25, 0.3) is 0 Å². The fourth-order valence-corrected chi connectivity index (χ4v) is 4.92. The van der Waals surface area contributed by atoms with Crippen molar-refractivity contribution < 1.29 is 31.9 Å². The van der Waals surface area contributed by atoms with E-state index in [1.807, 2.05) is 11.8 Å². The largest absolute Gasteiger partial charge is 0.458 e. The first-order valence-electron chi connectivity index (χ1n) is 13.4.